The zero-order valence-electron chi connectivity index (χ0n) is 44.2. The molecule has 10 aromatic rings. The molecule has 10 heteroatoms. The Bertz CT molecular complexity index is 3610. The lowest BCUT2D eigenvalue weighted by Gasteiger charge is -2.40. The lowest BCUT2D eigenvalue weighted by Crippen LogP contribution is -2.45. The van der Waals surface area contributed by atoms with Crippen molar-refractivity contribution in [2.75, 3.05) is 66.1 Å². The van der Waals surface area contributed by atoms with Crippen LogP contribution in [0.3, 0.4) is 0 Å². The summed E-state index contributed by atoms with van der Waals surface area (Å²) in [5.41, 5.74) is 11.1. The van der Waals surface area contributed by atoms with Crippen LogP contribution in [0, 0.1) is 10.8 Å². The van der Waals surface area contributed by atoms with Gasteiger partial charge in [-0.15, -0.1) is 0 Å². The molecular formula is C66H70N4O6. The fourth-order valence-corrected chi connectivity index (χ4v) is 11.5. The second-order valence-corrected chi connectivity index (χ2v) is 21.5. The maximum atomic E-state index is 6.48. The van der Waals surface area contributed by atoms with Crippen LogP contribution >= 0.6 is 0 Å². The van der Waals surface area contributed by atoms with E-state index in [-0.39, 0.29) is 10.8 Å². The number of ether oxygens (including phenoxy) is 6. The molecule has 0 saturated carbocycles. The predicted molar refractivity (Wildman–Crippen MR) is 307 cm³/mol. The van der Waals surface area contributed by atoms with Crippen LogP contribution in [-0.2, 0) is 41.6 Å². The molecule has 0 spiro atoms. The van der Waals surface area contributed by atoms with E-state index in [1.165, 1.54) is 16.3 Å². The van der Waals surface area contributed by atoms with Gasteiger partial charge in [0.25, 0.3) is 0 Å². The number of hydrogen-bond acceptors (Lipinski definition) is 8. The average molecular weight is 1020 g/mol. The highest BCUT2D eigenvalue weighted by Crippen LogP contribution is 2.47. The van der Waals surface area contributed by atoms with Crippen molar-refractivity contribution in [2.45, 2.75) is 78.4 Å². The van der Waals surface area contributed by atoms with Gasteiger partial charge in [-0.2, -0.15) is 0 Å². The monoisotopic (exact) mass is 1010 g/mol. The number of aromatic nitrogens is 4. The molecule has 76 heavy (non-hydrogen) atoms. The molecule has 0 unspecified atom stereocenters. The number of rotatable bonds is 25. The Morgan fingerprint density at radius 2 is 0.934 bits per heavy atom. The summed E-state index contributed by atoms with van der Waals surface area (Å²) in [7, 11) is 0. The van der Waals surface area contributed by atoms with Crippen LogP contribution in [0.15, 0.2) is 146 Å². The first-order valence-corrected chi connectivity index (χ1v) is 27.9. The molecular weight excluding hydrogens is 945 g/mol. The summed E-state index contributed by atoms with van der Waals surface area (Å²) in [6.07, 6.45) is 8.38. The first-order chi connectivity index (χ1) is 37.6. The van der Waals surface area contributed by atoms with E-state index in [2.05, 4.69) is 169 Å². The zero-order chi connectivity index (χ0) is 51.3. The molecule has 5 heterocycles. The van der Waals surface area contributed by atoms with Crippen molar-refractivity contribution in [3.8, 4) is 22.9 Å². The normalized spacial score (nSPS) is 15.1. The van der Waals surface area contributed by atoms with Crippen molar-refractivity contribution in [3.63, 3.8) is 0 Å². The molecule has 0 atom stereocenters. The Morgan fingerprint density at radius 1 is 0.461 bits per heavy atom. The highest BCUT2D eigenvalue weighted by molar-refractivity contribution is 6.37. The number of fused-ring (bicyclic) bond motifs is 11. The van der Waals surface area contributed by atoms with Crippen molar-refractivity contribution < 1.29 is 28.4 Å². The molecule has 0 N–H and O–H groups in total. The molecule has 10 nitrogen and oxygen atoms in total. The van der Waals surface area contributed by atoms with Gasteiger partial charge in [-0.3, -0.25) is 4.57 Å². The van der Waals surface area contributed by atoms with Crippen LogP contribution < -0.4 is 0 Å². The number of nitrogens with zero attached hydrogens (tertiary/aromatic N) is 4. The molecule has 0 bridgehead atoms. The van der Waals surface area contributed by atoms with E-state index in [1.54, 1.807) is 0 Å². The van der Waals surface area contributed by atoms with Crippen LogP contribution in [0.2, 0.25) is 0 Å². The average Bonchev–Trinajstić information content (AvgIpc) is 4.05. The van der Waals surface area contributed by atoms with Crippen molar-refractivity contribution in [2.24, 2.45) is 10.8 Å². The van der Waals surface area contributed by atoms with Crippen LogP contribution in [-0.4, -0.2) is 85.2 Å². The van der Waals surface area contributed by atoms with Gasteiger partial charge in [-0.25, -0.2) is 9.97 Å². The molecule has 7 aromatic carbocycles. The maximum absolute atomic E-state index is 6.48. The van der Waals surface area contributed by atoms with E-state index in [1.807, 2.05) is 0 Å². The highest BCUT2D eigenvalue weighted by atomic mass is 16.5. The third-order valence-electron chi connectivity index (χ3n) is 16.2. The highest BCUT2D eigenvalue weighted by Gasteiger charge is 2.38. The van der Waals surface area contributed by atoms with E-state index in [0.29, 0.717) is 32.4 Å². The summed E-state index contributed by atoms with van der Waals surface area (Å²) in [5, 5.41) is 7.96. The molecule has 2 saturated heterocycles. The standard InChI is InChI=1S/C66H70N4O6/c1-3-65(43-75-44-65)41-73-35-19-7-17-33-71-39-47-29-31-57-54(37-47)59-60-55-38-48(40-72-34-18-8-20-36-74-42-66(4-2)45-76-46-66)30-32-58(55)70(64-67-56-28-16-15-27-53(56)61(68-64)49-21-9-5-10-22-49)63(60)52-26-14-13-25-51(52)62(59)69(57)50-23-11-6-12-24-50/h5-6,9-16,21-32,37-38H,3-4,7-8,17-20,33-36,39-46H2,1-2H3. The van der Waals surface area contributed by atoms with E-state index in [4.69, 9.17) is 38.4 Å². The number of para-hydroxylation sites is 2. The smallest absolute Gasteiger partial charge is 0.235 e. The SMILES string of the molecule is CCC1(COCCCCCOCc2ccc3c(c2)c2c4c5cc(COCCCCCOCC6(CC)COC6)ccc5n(-c5nc(-c6ccccc6)c6ccccc6n5)c4c4ccccc4c2n3-c2ccccc2)COC1. The maximum Gasteiger partial charge on any atom is 0.235 e. The molecule has 0 radical (unpaired) electrons. The van der Waals surface area contributed by atoms with Gasteiger partial charge >= 0.3 is 0 Å². The fourth-order valence-electron chi connectivity index (χ4n) is 11.5. The Balaban J connectivity index is 0.933. The summed E-state index contributed by atoms with van der Waals surface area (Å²) >= 11 is 0. The van der Waals surface area contributed by atoms with Crippen LogP contribution in [0.4, 0.5) is 0 Å². The van der Waals surface area contributed by atoms with Gasteiger partial charge < -0.3 is 33.0 Å². The van der Waals surface area contributed by atoms with Crippen molar-refractivity contribution >= 4 is 65.3 Å². The fraction of sp³-hybridized carbons (Fsp3) is 0.364. The first-order valence-electron chi connectivity index (χ1n) is 27.9. The van der Waals surface area contributed by atoms with Crippen molar-refractivity contribution in [1.82, 2.24) is 19.1 Å². The molecule has 12 rings (SSSR count). The zero-order valence-corrected chi connectivity index (χ0v) is 44.2. The summed E-state index contributed by atoms with van der Waals surface area (Å²) in [6, 6.07) is 52.3. The molecule has 2 aliphatic heterocycles. The minimum Gasteiger partial charge on any atom is -0.381 e. The van der Waals surface area contributed by atoms with Gasteiger partial charge in [0.1, 0.15) is 0 Å². The Hall–Kier alpha value is -6.50. The number of hydrogen-bond donors (Lipinski definition) is 0. The molecule has 3 aromatic heterocycles. The Labute approximate surface area is 445 Å². The summed E-state index contributed by atoms with van der Waals surface area (Å²) in [6.45, 7) is 13.3. The summed E-state index contributed by atoms with van der Waals surface area (Å²) < 4.78 is 40.9. The largest absolute Gasteiger partial charge is 0.381 e. The third-order valence-corrected chi connectivity index (χ3v) is 16.2. The molecule has 0 aliphatic carbocycles. The first kappa shape index (κ1) is 50.3. The van der Waals surface area contributed by atoms with Gasteiger partial charge in [-0.05, 0) is 105 Å². The van der Waals surface area contributed by atoms with Gasteiger partial charge in [0, 0.05) is 86.2 Å². The van der Waals surface area contributed by atoms with Crippen LogP contribution in [0.5, 0.6) is 0 Å². The topological polar surface area (TPSA) is 91.0 Å². The third kappa shape index (κ3) is 9.92. The Kier molecular flexibility index (Phi) is 15.0. The van der Waals surface area contributed by atoms with E-state index < -0.39 is 0 Å². The molecule has 390 valence electrons. The quantitative estimate of drug-likeness (QED) is 0.0523. The van der Waals surface area contributed by atoms with Crippen LogP contribution in [0.25, 0.3) is 88.2 Å². The van der Waals surface area contributed by atoms with E-state index in [9.17, 15) is 0 Å². The number of unbranched alkanes of at least 4 members (excludes halogenated alkanes) is 4. The van der Waals surface area contributed by atoms with Crippen LogP contribution in [0.1, 0.15) is 76.3 Å². The van der Waals surface area contributed by atoms with Crippen molar-refractivity contribution in [1.29, 1.82) is 0 Å². The second-order valence-electron chi connectivity index (χ2n) is 21.5. The van der Waals surface area contributed by atoms with Gasteiger partial charge in [0.05, 0.1) is 86.1 Å². The second kappa shape index (κ2) is 22.6. The minimum absolute atomic E-state index is 0.222. The molecule has 2 aliphatic rings. The van der Waals surface area contributed by atoms with E-state index >= 15 is 0 Å². The lowest BCUT2D eigenvalue weighted by molar-refractivity contribution is -0.150. The van der Waals surface area contributed by atoms with Gasteiger partial charge in [0.2, 0.25) is 5.95 Å². The summed E-state index contributed by atoms with van der Waals surface area (Å²) in [4.78, 5) is 11.0. The Morgan fingerprint density at radius 3 is 1.46 bits per heavy atom. The lowest BCUT2D eigenvalue weighted by atomic mass is 9.84. The van der Waals surface area contributed by atoms with E-state index in [0.717, 1.165) is 181 Å². The number of benzene rings is 7. The molecule has 2 fully saturated rings. The van der Waals surface area contributed by atoms with Gasteiger partial charge in [0.15, 0.2) is 0 Å². The summed E-state index contributed by atoms with van der Waals surface area (Å²) in [5.74, 6) is 0.631. The predicted octanol–water partition coefficient (Wildman–Crippen LogP) is 14.9. The molecule has 0 amide bonds. The van der Waals surface area contributed by atoms with Crippen molar-refractivity contribution in [3.05, 3.63) is 157 Å². The minimum atomic E-state index is 0.222. The van der Waals surface area contributed by atoms with Gasteiger partial charge in [-0.1, -0.05) is 117 Å².